The summed E-state index contributed by atoms with van der Waals surface area (Å²) in [4.78, 5) is 10.9. The summed E-state index contributed by atoms with van der Waals surface area (Å²) in [7, 11) is 1.60. The first-order valence-electron chi connectivity index (χ1n) is 5.82. The Hall–Kier alpha value is -0.990. The Morgan fingerprint density at radius 2 is 1.93 bits per heavy atom. The number of amides is 1. The van der Waals surface area contributed by atoms with Crippen LogP contribution < -0.4 is 5.32 Å². The van der Waals surface area contributed by atoms with Crippen LogP contribution in [0.2, 0.25) is 0 Å². The molecule has 2 aliphatic carbocycles. The van der Waals surface area contributed by atoms with E-state index < -0.39 is 0 Å². The Morgan fingerprint density at radius 3 is 2.47 bits per heavy atom. The minimum atomic E-state index is -0.299. The molecule has 84 valence electrons. The van der Waals surface area contributed by atoms with E-state index in [0.29, 0.717) is 12.5 Å². The van der Waals surface area contributed by atoms with Crippen LogP contribution in [0.5, 0.6) is 0 Å². The first-order chi connectivity index (χ1) is 7.33. The quantitative estimate of drug-likeness (QED) is 0.709. The minimum absolute atomic E-state index is 0.299. The van der Waals surface area contributed by atoms with Crippen LogP contribution in [0.25, 0.3) is 0 Å². The second-order valence-corrected chi connectivity index (χ2v) is 4.47. The number of hydrogen-bond donors (Lipinski definition) is 1. The standard InChI is InChI=1S/C12H19NO2/c1-13-12(14)15-8-11-9-6-4-2-3-5-7-10(9)11/h2-3,9-11H,4-8H2,1H3,(H,13,14)/b3-2-/t9-,10+,11+. The fourth-order valence-corrected chi connectivity index (χ4v) is 2.69. The van der Waals surface area contributed by atoms with Gasteiger partial charge in [-0.2, -0.15) is 0 Å². The minimum Gasteiger partial charge on any atom is -0.449 e. The van der Waals surface area contributed by atoms with Crippen molar-refractivity contribution in [1.29, 1.82) is 0 Å². The molecule has 15 heavy (non-hydrogen) atoms. The van der Waals surface area contributed by atoms with E-state index in [-0.39, 0.29) is 6.09 Å². The van der Waals surface area contributed by atoms with E-state index in [4.69, 9.17) is 4.74 Å². The molecule has 1 fully saturated rings. The van der Waals surface area contributed by atoms with Gasteiger partial charge in [0.15, 0.2) is 0 Å². The Morgan fingerprint density at radius 1 is 1.33 bits per heavy atom. The third-order valence-electron chi connectivity index (χ3n) is 3.62. The largest absolute Gasteiger partial charge is 0.449 e. The predicted octanol–water partition coefficient (Wildman–Crippen LogP) is 2.33. The summed E-state index contributed by atoms with van der Waals surface area (Å²) in [6.07, 6.45) is 9.18. The Bertz CT molecular complexity index is 246. The number of ether oxygens (including phenoxy) is 1. The van der Waals surface area contributed by atoms with E-state index >= 15 is 0 Å². The molecule has 1 amide bonds. The van der Waals surface area contributed by atoms with Crippen molar-refractivity contribution in [3.63, 3.8) is 0 Å². The summed E-state index contributed by atoms with van der Waals surface area (Å²) < 4.78 is 5.12. The van der Waals surface area contributed by atoms with Gasteiger partial charge >= 0.3 is 6.09 Å². The monoisotopic (exact) mass is 209 g/mol. The van der Waals surface area contributed by atoms with Gasteiger partial charge in [0.05, 0.1) is 6.61 Å². The number of hydrogen-bond acceptors (Lipinski definition) is 2. The van der Waals surface area contributed by atoms with Crippen LogP contribution >= 0.6 is 0 Å². The van der Waals surface area contributed by atoms with Crippen LogP contribution in [0.15, 0.2) is 12.2 Å². The normalized spacial score (nSPS) is 35.7. The number of allylic oxidation sites excluding steroid dienone is 2. The molecule has 1 saturated carbocycles. The molecular formula is C12H19NO2. The van der Waals surface area contributed by atoms with Crippen LogP contribution in [0, 0.1) is 17.8 Å². The molecule has 0 unspecified atom stereocenters. The van der Waals surface area contributed by atoms with Gasteiger partial charge in [0.2, 0.25) is 0 Å². The first-order valence-corrected chi connectivity index (χ1v) is 5.82. The maximum atomic E-state index is 10.9. The first kappa shape index (κ1) is 10.5. The molecule has 0 saturated heterocycles. The summed E-state index contributed by atoms with van der Waals surface area (Å²) in [5.41, 5.74) is 0. The van der Waals surface area contributed by atoms with Crippen molar-refractivity contribution in [2.75, 3.05) is 13.7 Å². The van der Waals surface area contributed by atoms with E-state index in [1.54, 1.807) is 7.05 Å². The fraction of sp³-hybridized carbons (Fsp3) is 0.750. The predicted molar refractivity (Wildman–Crippen MR) is 58.5 cm³/mol. The SMILES string of the molecule is CNC(=O)OC[C@H]1[C@@H]2CC/C=C\CC[C@@H]21. The lowest BCUT2D eigenvalue weighted by Gasteiger charge is -2.02. The van der Waals surface area contributed by atoms with E-state index in [1.165, 1.54) is 25.7 Å². The highest BCUT2D eigenvalue weighted by molar-refractivity contribution is 5.66. The molecule has 2 rings (SSSR count). The highest BCUT2D eigenvalue weighted by Gasteiger charge is 2.49. The topological polar surface area (TPSA) is 38.3 Å². The molecule has 3 atom stereocenters. The molecule has 2 aliphatic rings. The number of nitrogens with one attached hydrogen (secondary N) is 1. The number of carbonyl (C=O) groups is 1. The van der Waals surface area contributed by atoms with Gasteiger partial charge < -0.3 is 10.1 Å². The molecule has 0 bridgehead atoms. The zero-order valence-corrected chi connectivity index (χ0v) is 9.24. The van der Waals surface area contributed by atoms with Crippen LogP contribution in [0.3, 0.4) is 0 Å². The highest BCUT2D eigenvalue weighted by atomic mass is 16.5. The van der Waals surface area contributed by atoms with Gasteiger partial charge in [-0.05, 0) is 43.4 Å². The van der Waals surface area contributed by atoms with Crippen molar-refractivity contribution in [2.24, 2.45) is 17.8 Å². The van der Waals surface area contributed by atoms with Gasteiger partial charge in [-0.15, -0.1) is 0 Å². The van der Waals surface area contributed by atoms with E-state index in [2.05, 4.69) is 17.5 Å². The second kappa shape index (κ2) is 4.69. The summed E-state index contributed by atoms with van der Waals surface area (Å²) in [5.74, 6) is 2.24. The van der Waals surface area contributed by atoms with Crippen LogP contribution in [0.4, 0.5) is 4.79 Å². The van der Waals surface area contributed by atoms with Gasteiger partial charge in [0, 0.05) is 7.05 Å². The third kappa shape index (κ3) is 2.52. The zero-order valence-electron chi connectivity index (χ0n) is 9.24. The maximum Gasteiger partial charge on any atom is 0.406 e. The van der Waals surface area contributed by atoms with Crippen LogP contribution in [0.1, 0.15) is 25.7 Å². The third-order valence-corrected chi connectivity index (χ3v) is 3.62. The number of rotatable bonds is 2. The number of carbonyl (C=O) groups excluding carboxylic acids is 1. The summed E-state index contributed by atoms with van der Waals surface area (Å²) in [5, 5.41) is 2.48. The molecule has 0 spiro atoms. The van der Waals surface area contributed by atoms with Crippen LogP contribution in [-0.2, 0) is 4.74 Å². The second-order valence-electron chi connectivity index (χ2n) is 4.47. The lowest BCUT2D eigenvalue weighted by atomic mass is 10.1. The average Bonchev–Trinajstić information content (AvgIpc) is 2.85. The lowest BCUT2D eigenvalue weighted by molar-refractivity contribution is 0.139. The van der Waals surface area contributed by atoms with Gasteiger partial charge in [0.1, 0.15) is 0 Å². The van der Waals surface area contributed by atoms with Gasteiger partial charge in [0.25, 0.3) is 0 Å². The van der Waals surface area contributed by atoms with Crippen molar-refractivity contribution in [2.45, 2.75) is 25.7 Å². The van der Waals surface area contributed by atoms with Crippen molar-refractivity contribution in [3.05, 3.63) is 12.2 Å². The molecular weight excluding hydrogens is 190 g/mol. The van der Waals surface area contributed by atoms with Crippen molar-refractivity contribution >= 4 is 6.09 Å². The summed E-state index contributed by atoms with van der Waals surface area (Å²) in [6, 6.07) is 0. The van der Waals surface area contributed by atoms with Crippen molar-refractivity contribution in [3.8, 4) is 0 Å². The van der Waals surface area contributed by atoms with Crippen molar-refractivity contribution < 1.29 is 9.53 Å². The van der Waals surface area contributed by atoms with E-state index in [0.717, 1.165) is 11.8 Å². The smallest absolute Gasteiger partial charge is 0.406 e. The van der Waals surface area contributed by atoms with E-state index in [1.807, 2.05) is 0 Å². The van der Waals surface area contributed by atoms with Crippen LogP contribution in [-0.4, -0.2) is 19.7 Å². The molecule has 0 aromatic rings. The van der Waals surface area contributed by atoms with Gasteiger partial charge in [-0.1, -0.05) is 12.2 Å². The Kier molecular flexibility index (Phi) is 3.29. The zero-order chi connectivity index (χ0) is 10.7. The fourth-order valence-electron chi connectivity index (χ4n) is 2.69. The average molecular weight is 209 g/mol. The number of alkyl carbamates (subject to hydrolysis) is 1. The summed E-state index contributed by atoms with van der Waals surface area (Å²) in [6.45, 7) is 0.606. The Balaban J connectivity index is 1.75. The molecule has 0 aliphatic heterocycles. The Labute approximate surface area is 90.9 Å². The molecule has 0 heterocycles. The van der Waals surface area contributed by atoms with E-state index in [9.17, 15) is 4.79 Å². The maximum absolute atomic E-state index is 10.9. The molecule has 3 nitrogen and oxygen atoms in total. The molecule has 1 N–H and O–H groups in total. The molecule has 0 aromatic carbocycles. The lowest BCUT2D eigenvalue weighted by Crippen LogP contribution is -2.20. The van der Waals surface area contributed by atoms with Gasteiger partial charge in [-0.25, -0.2) is 4.79 Å². The molecule has 3 heteroatoms. The number of fused-ring (bicyclic) bond motifs is 1. The molecule has 0 radical (unpaired) electrons. The summed E-state index contributed by atoms with van der Waals surface area (Å²) >= 11 is 0. The highest BCUT2D eigenvalue weighted by Crippen LogP contribution is 2.52. The molecule has 0 aromatic heterocycles. The van der Waals surface area contributed by atoms with Crippen molar-refractivity contribution in [1.82, 2.24) is 5.32 Å². The van der Waals surface area contributed by atoms with Gasteiger partial charge in [-0.3, -0.25) is 0 Å².